The Morgan fingerprint density at radius 3 is 2.37 bits per heavy atom. The normalized spacial score (nSPS) is 20.8. The first-order valence-corrected chi connectivity index (χ1v) is 23.0. The Kier molecular flexibility index (Phi) is 12.7. The molecule has 0 aliphatic carbocycles. The van der Waals surface area contributed by atoms with Gasteiger partial charge >= 0.3 is 12.1 Å². The van der Waals surface area contributed by atoms with E-state index in [1.807, 2.05) is 12.2 Å². The molecule has 0 aromatic heterocycles. The lowest BCUT2D eigenvalue weighted by atomic mass is 9.73. The molecule has 5 heterocycles. The summed E-state index contributed by atoms with van der Waals surface area (Å²) in [6.07, 6.45) is 7.19. The van der Waals surface area contributed by atoms with Crippen molar-refractivity contribution in [3.8, 4) is 5.75 Å². The van der Waals surface area contributed by atoms with Gasteiger partial charge in [-0.2, -0.15) is 17.7 Å². The summed E-state index contributed by atoms with van der Waals surface area (Å²) in [6.45, 7) is 9.94. The van der Waals surface area contributed by atoms with Crippen molar-refractivity contribution in [2.24, 2.45) is 5.41 Å². The highest BCUT2D eigenvalue weighted by atomic mass is 32.2. The van der Waals surface area contributed by atoms with Crippen molar-refractivity contribution in [1.29, 1.82) is 0 Å². The number of carbonyl (C=O) groups is 3. The molecule has 2 amide bonds. The van der Waals surface area contributed by atoms with E-state index in [-0.39, 0.29) is 68.2 Å². The number of allylic oxidation sites excluding steroid dienone is 6. The van der Waals surface area contributed by atoms with Crippen LogP contribution in [0.5, 0.6) is 5.75 Å². The summed E-state index contributed by atoms with van der Waals surface area (Å²) in [5.74, 6) is -2.14. The van der Waals surface area contributed by atoms with E-state index in [4.69, 9.17) is 9.57 Å². The van der Waals surface area contributed by atoms with Crippen molar-refractivity contribution in [3.63, 3.8) is 0 Å². The van der Waals surface area contributed by atoms with Gasteiger partial charge in [-0.1, -0.05) is 39.3 Å². The molecule has 0 saturated carbocycles. The van der Waals surface area contributed by atoms with Crippen molar-refractivity contribution in [2.75, 3.05) is 30.3 Å². The fourth-order valence-corrected chi connectivity index (χ4v) is 10.0. The number of nitrogens with zero attached hydrogens (tertiary/aromatic N) is 3. The van der Waals surface area contributed by atoms with Gasteiger partial charge in [0.25, 0.3) is 11.8 Å². The van der Waals surface area contributed by atoms with Gasteiger partial charge in [-0.15, -0.1) is 5.06 Å². The van der Waals surface area contributed by atoms with Crippen LogP contribution in [-0.4, -0.2) is 71.5 Å². The highest BCUT2D eigenvalue weighted by Crippen LogP contribution is 2.51. The average Bonchev–Trinajstić information content (AvgIpc) is 3.62. The van der Waals surface area contributed by atoms with E-state index in [0.717, 1.165) is 67.5 Å². The number of rotatable bonds is 14. The minimum absolute atomic E-state index is 0.0213. The topological polar surface area (TPSA) is 136 Å². The molecule has 16 heteroatoms. The molecule has 1 fully saturated rings. The molecule has 0 N–H and O–H groups in total. The molecule has 62 heavy (non-hydrogen) atoms. The molecular formula is C46H53F4N3O8S. The fourth-order valence-electron chi connectivity index (χ4n) is 9.48. The zero-order chi connectivity index (χ0) is 44.8. The van der Waals surface area contributed by atoms with Gasteiger partial charge in [-0.05, 0) is 87.6 Å². The lowest BCUT2D eigenvalue weighted by Gasteiger charge is -2.40. The molecule has 1 unspecified atom stereocenters. The Bertz CT molecular complexity index is 2400. The summed E-state index contributed by atoms with van der Waals surface area (Å²) in [7, 11) is -4.58. The maximum Gasteiger partial charge on any atom is 0.417 e. The summed E-state index contributed by atoms with van der Waals surface area (Å²) in [6, 6.07) is 3.76. The van der Waals surface area contributed by atoms with Gasteiger partial charge in [-0.25, -0.2) is 17.6 Å². The number of unbranched alkanes of at least 4 members (excludes halogenated alkanes) is 3. The van der Waals surface area contributed by atoms with E-state index >= 15 is 4.39 Å². The monoisotopic (exact) mass is 883 g/mol. The third-order valence-electron chi connectivity index (χ3n) is 12.4. The second-order valence-electron chi connectivity index (χ2n) is 18.1. The number of imide groups is 1. The maximum atomic E-state index is 15.3. The molecule has 334 valence electrons. The molecule has 1 saturated heterocycles. The van der Waals surface area contributed by atoms with Gasteiger partial charge in [0.2, 0.25) is 5.69 Å². The number of hydrogen-bond donors (Lipinski definition) is 0. The van der Waals surface area contributed by atoms with E-state index in [9.17, 15) is 40.5 Å². The number of hydroxylamine groups is 2. The Morgan fingerprint density at radius 2 is 1.69 bits per heavy atom. The van der Waals surface area contributed by atoms with Crippen LogP contribution in [0, 0.1) is 11.2 Å². The van der Waals surface area contributed by atoms with E-state index < -0.39 is 56.6 Å². The number of hydrogen-bond acceptors (Lipinski definition) is 9. The van der Waals surface area contributed by atoms with Crippen LogP contribution < -0.4 is 9.64 Å². The number of carbonyl (C=O) groups excluding carboxylic acids is 3. The second kappa shape index (κ2) is 17.4. The summed E-state index contributed by atoms with van der Waals surface area (Å²) in [5, 5.41) is 0.475. The number of anilines is 1. The van der Waals surface area contributed by atoms with Gasteiger partial charge in [0.15, 0.2) is 5.71 Å². The standard InChI is InChI=1S/C46H53F4N3O8S/c1-44(2,3)37-26-29(33-25-30-14-11-21-51-22-12-15-32(42(30)51)43(33)60-37)13-10-16-36-45(4,20-7-9-24-62(57,58)59)41-34(46(48,49)50)27-31(47)28-35(41)52(36)23-8-5-6-17-40(56)61-53-38(54)18-19-39(53)55/h10,13,16,25-28H,5-9,11-12,14-15,17-24H2,1-4H3. The lowest BCUT2D eigenvalue weighted by molar-refractivity contribution is -0.438. The number of aryl methyl sites for hydroxylation is 1. The Balaban J connectivity index is 1.27. The molecule has 0 bridgehead atoms. The second-order valence-corrected chi connectivity index (χ2v) is 19.6. The van der Waals surface area contributed by atoms with Crippen LogP contribution in [0.15, 0.2) is 48.3 Å². The van der Waals surface area contributed by atoms with Crippen molar-refractivity contribution in [1.82, 2.24) is 5.06 Å². The summed E-state index contributed by atoms with van der Waals surface area (Å²) in [4.78, 5) is 43.7. The quantitative estimate of drug-likeness (QED) is 0.0600. The summed E-state index contributed by atoms with van der Waals surface area (Å²) in [5.41, 5.74) is 2.89. The van der Waals surface area contributed by atoms with Gasteiger partial charge in [-0.3, -0.25) is 9.59 Å². The first-order valence-electron chi connectivity index (χ1n) is 21.4. The molecule has 2 aromatic carbocycles. The number of halogens is 4. The predicted octanol–water partition coefficient (Wildman–Crippen LogP) is 8.74. The Labute approximate surface area is 359 Å². The van der Waals surface area contributed by atoms with Crippen molar-refractivity contribution < 1.29 is 59.1 Å². The molecule has 2 aromatic rings. The molecule has 5 aliphatic heterocycles. The maximum absolute atomic E-state index is 15.3. The largest absolute Gasteiger partial charge is 0.748 e. The van der Waals surface area contributed by atoms with Crippen molar-refractivity contribution in [3.05, 3.63) is 81.9 Å². The highest BCUT2D eigenvalue weighted by Gasteiger charge is 2.53. The highest BCUT2D eigenvalue weighted by molar-refractivity contribution is 7.85. The minimum Gasteiger partial charge on any atom is -0.748 e. The van der Waals surface area contributed by atoms with E-state index in [1.165, 1.54) is 16.8 Å². The molecule has 7 rings (SSSR count). The van der Waals surface area contributed by atoms with Crippen molar-refractivity contribution >= 4 is 50.6 Å². The molecule has 0 radical (unpaired) electrons. The molecule has 1 atom stereocenters. The zero-order valence-electron chi connectivity index (χ0n) is 35.6. The summed E-state index contributed by atoms with van der Waals surface area (Å²) < 4.78 is 103. The van der Waals surface area contributed by atoms with Crippen LogP contribution >= 0.6 is 0 Å². The van der Waals surface area contributed by atoms with Gasteiger partial charge in [0.05, 0.1) is 26.7 Å². The molecule has 11 nitrogen and oxygen atoms in total. The zero-order valence-corrected chi connectivity index (χ0v) is 36.4. The SMILES string of the molecule is CC(C)(C)C1=CC(=CC=CC2=[N+](CCCCCC(=O)ON3C(=O)CCC3=O)c3cc(F)cc(C(F)(F)F)c3C2(C)CCCCS(=O)(=O)[O-])c2cc3c4c(c2O1)CCCN4CCC3. The predicted molar refractivity (Wildman–Crippen MR) is 223 cm³/mol. The first-order chi connectivity index (χ1) is 29.2. The van der Waals surface area contributed by atoms with E-state index in [2.05, 4.69) is 31.7 Å². The van der Waals surface area contributed by atoms with Crippen LogP contribution in [-0.2, 0) is 53.8 Å². The van der Waals surface area contributed by atoms with Crippen LogP contribution in [0.2, 0.25) is 0 Å². The third-order valence-corrected chi connectivity index (χ3v) is 13.2. The smallest absolute Gasteiger partial charge is 0.417 e. The number of benzene rings is 2. The first kappa shape index (κ1) is 45.2. The Hall–Kier alpha value is -4.83. The van der Waals surface area contributed by atoms with Gasteiger partial charge in [0.1, 0.15) is 23.9 Å². The average molecular weight is 884 g/mol. The molecule has 0 spiro atoms. The van der Waals surface area contributed by atoms with Gasteiger partial charge in [0, 0.05) is 78.9 Å². The van der Waals surface area contributed by atoms with E-state index in [1.54, 1.807) is 23.7 Å². The van der Waals surface area contributed by atoms with Crippen LogP contribution in [0.4, 0.5) is 28.9 Å². The fraction of sp³-hybridized carbons (Fsp3) is 0.522. The summed E-state index contributed by atoms with van der Waals surface area (Å²) >= 11 is 0. The number of amides is 2. The minimum atomic E-state index is -4.94. The lowest BCUT2D eigenvalue weighted by Crippen LogP contribution is -2.35. The number of ether oxygens (including phenoxy) is 1. The van der Waals surface area contributed by atoms with Gasteiger partial charge < -0.3 is 19.0 Å². The van der Waals surface area contributed by atoms with Crippen LogP contribution in [0.25, 0.3) is 5.57 Å². The van der Waals surface area contributed by atoms with E-state index in [0.29, 0.717) is 29.7 Å². The molecule has 5 aliphatic rings. The van der Waals surface area contributed by atoms with Crippen molar-refractivity contribution in [2.45, 2.75) is 123 Å². The number of alkyl halides is 3. The molecular weight excluding hydrogens is 831 g/mol. The van der Waals surface area contributed by atoms with Crippen LogP contribution in [0.3, 0.4) is 0 Å². The number of fused-ring (bicyclic) bond motifs is 3. The third kappa shape index (κ3) is 9.41. The Morgan fingerprint density at radius 1 is 0.984 bits per heavy atom. The van der Waals surface area contributed by atoms with Crippen LogP contribution in [0.1, 0.15) is 126 Å².